The topological polar surface area (TPSA) is 61.8 Å². The van der Waals surface area contributed by atoms with Crippen LogP contribution in [0, 0.1) is 34.0 Å². The Morgan fingerprint density at radius 3 is 2.10 bits per heavy atom. The molecule has 0 saturated heterocycles. The second kappa shape index (κ2) is 12.4. The van der Waals surface area contributed by atoms with E-state index in [1.165, 1.54) is 19.3 Å². The zero-order valence-corrected chi connectivity index (χ0v) is 30.6. The minimum Gasteiger partial charge on any atom is -0.550 e. The molecule has 0 spiro atoms. The molecule has 0 aliphatic heterocycles. The molecule has 2 aliphatic carbocycles. The van der Waals surface area contributed by atoms with Gasteiger partial charge in [0, 0.05) is 11.8 Å². The zero-order chi connectivity index (χ0) is 30.2. The van der Waals surface area contributed by atoms with E-state index >= 15 is 0 Å². The summed E-state index contributed by atoms with van der Waals surface area (Å²) in [5.74, 6) is 1.58. The van der Waals surface area contributed by atoms with Gasteiger partial charge in [-0.05, 0) is 85.7 Å². The molecule has 0 bridgehead atoms. The van der Waals surface area contributed by atoms with Crippen LogP contribution in [-0.2, 0) is 23.2 Å². The first-order valence-electron chi connectivity index (χ1n) is 15.2. The molecule has 2 saturated carbocycles. The van der Waals surface area contributed by atoms with Gasteiger partial charge in [0.1, 0.15) is 6.10 Å². The summed E-state index contributed by atoms with van der Waals surface area (Å²) in [6, 6.07) is 0. The molecular formula is C31H60O5SSi2. The lowest BCUT2D eigenvalue weighted by Gasteiger charge is -2.43. The van der Waals surface area contributed by atoms with Gasteiger partial charge in [-0.2, -0.15) is 8.42 Å². The summed E-state index contributed by atoms with van der Waals surface area (Å²) in [6.45, 7) is 31.9. The van der Waals surface area contributed by atoms with Crippen molar-refractivity contribution in [3.05, 3.63) is 24.0 Å². The molecule has 0 aromatic carbocycles. The molecule has 0 amide bonds. The van der Waals surface area contributed by atoms with E-state index in [9.17, 15) is 8.42 Å². The number of allylic oxidation sites excluding steroid dienone is 2. The van der Waals surface area contributed by atoms with Gasteiger partial charge in [0.2, 0.25) is 9.04 Å². The first kappa shape index (κ1) is 34.8. The van der Waals surface area contributed by atoms with E-state index in [1.54, 1.807) is 0 Å². The van der Waals surface area contributed by atoms with Crippen LogP contribution in [0.15, 0.2) is 24.0 Å². The Hall–Kier alpha value is -0.416. The zero-order valence-electron chi connectivity index (χ0n) is 27.4. The Kier molecular flexibility index (Phi) is 11.1. The van der Waals surface area contributed by atoms with Crippen LogP contribution in [0.1, 0.15) is 93.9 Å². The number of unbranched alkanes of at least 4 members (excludes halogenated alkanes) is 1. The Morgan fingerprint density at radius 1 is 1.08 bits per heavy atom. The van der Waals surface area contributed by atoms with Gasteiger partial charge in [-0.3, -0.25) is 4.18 Å². The van der Waals surface area contributed by atoms with Crippen LogP contribution in [0.2, 0.25) is 26.2 Å². The number of rotatable bonds is 12. The summed E-state index contributed by atoms with van der Waals surface area (Å²) >= 11 is 0. The average molecular weight is 601 g/mol. The third-order valence-corrected chi connectivity index (χ3v) is 11.7. The normalized spacial score (nSPS) is 30.2. The van der Waals surface area contributed by atoms with Crippen LogP contribution >= 0.6 is 0 Å². The van der Waals surface area contributed by atoms with Crippen LogP contribution < -0.4 is 0 Å². The highest BCUT2D eigenvalue weighted by Gasteiger charge is 2.66. The Balaban J connectivity index is 2.72. The molecule has 0 aromatic heterocycles. The highest BCUT2D eigenvalue weighted by atomic mass is 32.2. The van der Waals surface area contributed by atoms with Gasteiger partial charge in [0.05, 0.1) is 17.6 Å². The van der Waals surface area contributed by atoms with Crippen molar-refractivity contribution in [2.45, 2.75) is 132 Å². The van der Waals surface area contributed by atoms with E-state index in [0.717, 1.165) is 30.4 Å². The Bertz CT molecular complexity index is 991. The largest absolute Gasteiger partial charge is 0.550 e. The summed E-state index contributed by atoms with van der Waals surface area (Å²) in [6.07, 6.45) is 8.92. The van der Waals surface area contributed by atoms with Gasteiger partial charge in [-0.1, -0.05) is 74.8 Å². The van der Waals surface area contributed by atoms with E-state index in [1.807, 2.05) is 0 Å². The van der Waals surface area contributed by atoms with Gasteiger partial charge in [-0.25, -0.2) is 0 Å². The first-order valence-corrected chi connectivity index (χ1v) is 22.6. The third kappa shape index (κ3) is 8.11. The van der Waals surface area contributed by atoms with Crippen LogP contribution in [0.3, 0.4) is 0 Å². The molecule has 2 rings (SSSR count). The molecular weight excluding hydrogens is 541 g/mol. The highest BCUT2D eigenvalue weighted by molar-refractivity contribution is 7.86. The second-order valence-corrected chi connectivity index (χ2v) is 21.6. The summed E-state index contributed by atoms with van der Waals surface area (Å²) in [5, 5.41) is 0. The van der Waals surface area contributed by atoms with Crippen LogP contribution in [0.4, 0.5) is 0 Å². The van der Waals surface area contributed by atoms with E-state index in [4.69, 9.17) is 13.0 Å². The predicted molar refractivity (Wildman–Crippen MR) is 170 cm³/mol. The van der Waals surface area contributed by atoms with Gasteiger partial charge in [0.15, 0.2) is 9.04 Å². The van der Waals surface area contributed by atoms with Gasteiger partial charge < -0.3 is 8.85 Å². The molecule has 2 fully saturated rings. The molecule has 228 valence electrons. The lowest BCUT2D eigenvalue weighted by atomic mass is 9.63. The first-order chi connectivity index (χ1) is 17.6. The average Bonchev–Trinajstić information content (AvgIpc) is 3.17. The van der Waals surface area contributed by atoms with E-state index < -0.39 is 39.9 Å². The standard InChI is InChI=1S/C31H60O5SSi2/c1-15-16-18-30(9,29(6,7)8)19-17-25(35-38(11)12)26-23-20-22(2)27(34-37(10,32)33)31(23,36-39(13)14)21-24(26)28(3,4)5/h17,23-24,26-27,38-39H,2,15-16,18-21H2,1,3-14H3/t23-,24+,26+,27?,30?,31-/m0/s1. The van der Waals surface area contributed by atoms with Crippen LogP contribution in [-0.4, -0.2) is 44.5 Å². The van der Waals surface area contributed by atoms with Crippen molar-refractivity contribution in [1.82, 2.24) is 0 Å². The lowest BCUT2D eigenvalue weighted by molar-refractivity contribution is -0.0321. The number of fused-ring (bicyclic) bond motifs is 1. The lowest BCUT2D eigenvalue weighted by Crippen LogP contribution is -2.48. The SMILES string of the molecule is C=C1C[C@H]2[C@@H](C(=CCC(C)(CCCC)C(C)(C)C)O[SiH](C)C)[C@H](C(C)(C)C)C[C@@]2(O[SiH](C)C)C1OS(C)(=O)=O. The smallest absolute Gasteiger partial charge is 0.265 e. The molecule has 2 unspecified atom stereocenters. The molecule has 0 N–H and O–H groups in total. The summed E-state index contributed by atoms with van der Waals surface area (Å²) in [4.78, 5) is 0. The van der Waals surface area contributed by atoms with E-state index in [2.05, 4.69) is 94.2 Å². The molecule has 0 heterocycles. The quantitative estimate of drug-likeness (QED) is 0.0988. The maximum atomic E-state index is 12.4. The van der Waals surface area contributed by atoms with Gasteiger partial charge >= 0.3 is 0 Å². The molecule has 8 heteroatoms. The summed E-state index contributed by atoms with van der Waals surface area (Å²) in [7, 11) is -6.66. The van der Waals surface area contributed by atoms with Crippen molar-refractivity contribution in [1.29, 1.82) is 0 Å². The fourth-order valence-corrected chi connectivity index (χ4v) is 9.67. The minimum absolute atomic E-state index is 0.0165. The number of hydrogen-bond donors (Lipinski definition) is 0. The Morgan fingerprint density at radius 2 is 1.67 bits per heavy atom. The van der Waals surface area contributed by atoms with Crippen molar-refractivity contribution in [2.24, 2.45) is 34.0 Å². The fraction of sp³-hybridized carbons (Fsp3) is 0.871. The maximum absolute atomic E-state index is 12.4. The van der Waals surface area contributed by atoms with Gasteiger partial charge in [-0.15, -0.1) is 0 Å². The van der Waals surface area contributed by atoms with Crippen molar-refractivity contribution in [3.63, 3.8) is 0 Å². The van der Waals surface area contributed by atoms with E-state index in [-0.39, 0.29) is 34.0 Å². The minimum atomic E-state index is -3.68. The molecule has 2 aliphatic rings. The maximum Gasteiger partial charge on any atom is 0.265 e. The number of hydrogen-bond acceptors (Lipinski definition) is 5. The van der Waals surface area contributed by atoms with Crippen LogP contribution in [0.25, 0.3) is 0 Å². The second-order valence-electron chi connectivity index (χ2n) is 15.4. The van der Waals surface area contributed by atoms with Crippen molar-refractivity contribution in [3.8, 4) is 0 Å². The highest BCUT2D eigenvalue weighted by Crippen LogP contribution is 2.63. The van der Waals surface area contributed by atoms with Crippen molar-refractivity contribution < 1.29 is 21.5 Å². The third-order valence-electron chi connectivity index (χ3n) is 9.52. The molecule has 6 atom stereocenters. The predicted octanol–water partition coefficient (Wildman–Crippen LogP) is 7.84. The van der Waals surface area contributed by atoms with Crippen molar-refractivity contribution >= 4 is 28.2 Å². The van der Waals surface area contributed by atoms with Crippen molar-refractivity contribution in [2.75, 3.05) is 6.26 Å². The molecule has 0 aromatic rings. The molecule has 0 radical (unpaired) electrons. The molecule has 5 nitrogen and oxygen atoms in total. The Labute approximate surface area is 245 Å². The monoisotopic (exact) mass is 600 g/mol. The van der Waals surface area contributed by atoms with Crippen LogP contribution in [0.5, 0.6) is 0 Å². The summed E-state index contributed by atoms with van der Waals surface area (Å²) < 4.78 is 44.5. The van der Waals surface area contributed by atoms with Gasteiger partial charge in [0.25, 0.3) is 10.1 Å². The van der Waals surface area contributed by atoms with E-state index in [0.29, 0.717) is 6.42 Å². The molecule has 39 heavy (non-hydrogen) atoms. The fourth-order valence-electron chi connectivity index (χ4n) is 6.96. The summed E-state index contributed by atoms with van der Waals surface area (Å²) in [5.41, 5.74) is 0.425.